The molecule has 0 aliphatic rings. The lowest BCUT2D eigenvalue weighted by atomic mass is 10.1. The van der Waals surface area contributed by atoms with Crippen molar-refractivity contribution in [2.75, 3.05) is 5.43 Å². The highest BCUT2D eigenvalue weighted by Crippen LogP contribution is 2.28. The molecule has 0 aromatic heterocycles. The second-order valence-corrected chi connectivity index (χ2v) is 3.86. The summed E-state index contributed by atoms with van der Waals surface area (Å²) in [7, 11) is 0. The summed E-state index contributed by atoms with van der Waals surface area (Å²) in [6, 6.07) is 14.1. The van der Waals surface area contributed by atoms with Crippen molar-refractivity contribution in [2.45, 2.75) is 6.18 Å². The largest absolute Gasteiger partial charge is 0.416 e. The van der Waals surface area contributed by atoms with E-state index >= 15 is 0 Å². The minimum atomic E-state index is -4.31. The fraction of sp³-hybridized carbons (Fsp3) is 0.0714. The molecule has 0 aliphatic carbocycles. The zero-order chi connectivity index (χ0) is 13.7. The van der Waals surface area contributed by atoms with E-state index in [-0.39, 0.29) is 0 Å². The monoisotopic (exact) mass is 264 g/mol. The van der Waals surface area contributed by atoms with Crippen molar-refractivity contribution >= 4 is 11.9 Å². The molecule has 0 bridgehead atoms. The quantitative estimate of drug-likeness (QED) is 0.653. The van der Waals surface area contributed by atoms with Crippen LogP contribution in [0.15, 0.2) is 59.7 Å². The third-order valence-corrected chi connectivity index (χ3v) is 2.42. The average Bonchev–Trinajstić information content (AvgIpc) is 2.39. The molecular weight excluding hydrogens is 253 g/mol. The maximum atomic E-state index is 12.3. The summed E-state index contributed by atoms with van der Waals surface area (Å²) in [4.78, 5) is 0. The third-order valence-electron chi connectivity index (χ3n) is 2.42. The Balaban J connectivity index is 2.00. The Morgan fingerprint density at radius 1 is 0.895 bits per heavy atom. The van der Waals surface area contributed by atoms with Crippen LogP contribution in [0.5, 0.6) is 0 Å². The van der Waals surface area contributed by atoms with Gasteiger partial charge in [0.2, 0.25) is 0 Å². The maximum Gasteiger partial charge on any atom is 0.416 e. The van der Waals surface area contributed by atoms with Crippen molar-refractivity contribution in [1.82, 2.24) is 0 Å². The van der Waals surface area contributed by atoms with Gasteiger partial charge in [-0.3, -0.25) is 5.43 Å². The van der Waals surface area contributed by atoms with E-state index < -0.39 is 11.7 Å². The molecule has 0 aliphatic heterocycles. The highest BCUT2D eigenvalue weighted by Gasteiger charge is 2.29. The van der Waals surface area contributed by atoms with Gasteiger partial charge in [0.1, 0.15) is 0 Å². The summed E-state index contributed by atoms with van der Waals surface area (Å²) >= 11 is 0. The van der Waals surface area contributed by atoms with Crippen LogP contribution in [0.25, 0.3) is 0 Å². The van der Waals surface area contributed by atoms with E-state index in [1.54, 1.807) is 0 Å². The molecule has 0 unspecified atom stereocenters. The van der Waals surface area contributed by atoms with Crippen molar-refractivity contribution in [3.63, 3.8) is 0 Å². The molecule has 0 heterocycles. The number of hydrazone groups is 1. The zero-order valence-electron chi connectivity index (χ0n) is 9.85. The number of rotatable bonds is 3. The Hall–Kier alpha value is -2.30. The first-order chi connectivity index (χ1) is 9.05. The van der Waals surface area contributed by atoms with E-state index in [2.05, 4.69) is 10.5 Å². The summed E-state index contributed by atoms with van der Waals surface area (Å²) in [5.74, 6) is 0. The summed E-state index contributed by atoms with van der Waals surface area (Å²) < 4.78 is 37.0. The number of nitrogens with zero attached hydrogens (tertiary/aromatic N) is 1. The highest BCUT2D eigenvalue weighted by atomic mass is 19.4. The lowest BCUT2D eigenvalue weighted by Crippen LogP contribution is -2.04. The molecule has 19 heavy (non-hydrogen) atoms. The Morgan fingerprint density at radius 3 is 2.11 bits per heavy atom. The lowest BCUT2D eigenvalue weighted by molar-refractivity contribution is -0.137. The molecule has 2 aromatic rings. The second kappa shape index (κ2) is 5.56. The standard InChI is InChI=1S/C14H11F3N2/c15-14(16,17)12-8-6-11(7-9-12)10-18-19-13-4-2-1-3-5-13/h1-10,19H/b18-10+. The summed E-state index contributed by atoms with van der Waals surface area (Å²) in [5.41, 5.74) is 3.52. The number of para-hydroxylation sites is 1. The van der Waals surface area contributed by atoms with Gasteiger partial charge in [0.05, 0.1) is 17.5 Å². The number of nitrogens with one attached hydrogen (secondary N) is 1. The Kier molecular flexibility index (Phi) is 3.85. The second-order valence-electron chi connectivity index (χ2n) is 3.86. The van der Waals surface area contributed by atoms with Crippen LogP contribution in [0, 0.1) is 0 Å². The SMILES string of the molecule is FC(F)(F)c1ccc(/C=N/Nc2ccccc2)cc1. The molecule has 2 aromatic carbocycles. The number of hydrogen-bond donors (Lipinski definition) is 1. The van der Waals surface area contributed by atoms with Gasteiger partial charge < -0.3 is 0 Å². The normalized spacial score (nSPS) is 11.7. The van der Waals surface area contributed by atoms with Gasteiger partial charge in [0.15, 0.2) is 0 Å². The molecule has 2 rings (SSSR count). The number of alkyl halides is 3. The maximum absolute atomic E-state index is 12.3. The molecule has 0 amide bonds. The van der Waals surface area contributed by atoms with Gasteiger partial charge in [-0.05, 0) is 29.8 Å². The summed E-state index contributed by atoms with van der Waals surface area (Å²) in [6.45, 7) is 0. The zero-order valence-corrected chi connectivity index (χ0v) is 9.85. The lowest BCUT2D eigenvalue weighted by Gasteiger charge is -2.05. The number of halogens is 3. The smallest absolute Gasteiger partial charge is 0.279 e. The molecular formula is C14H11F3N2. The first-order valence-corrected chi connectivity index (χ1v) is 5.57. The minimum absolute atomic E-state index is 0.594. The molecule has 5 heteroatoms. The predicted octanol–water partition coefficient (Wildman–Crippen LogP) is 4.15. The first kappa shape index (κ1) is 13.1. The van der Waals surface area contributed by atoms with E-state index in [1.807, 2.05) is 30.3 Å². The van der Waals surface area contributed by atoms with E-state index in [4.69, 9.17) is 0 Å². The third kappa shape index (κ3) is 3.84. The Morgan fingerprint density at radius 2 is 1.53 bits per heavy atom. The molecule has 0 spiro atoms. The molecule has 0 fully saturated rings. The van der Waals surface area contributed by atoms with Crippen molar-refractivity contribution in [2.24, 2.45) is 5.10 Å². The molecule has 0 saturated heterocycles. The molecule has 0 atom stereocenters. The molecule has 98 valence electrons. The fourth-order valence-electron chi connectivity index (χ4n) is 1.45. The van der Waals surface area contributed by atoms with Crippen LogP contribution >= 0.6 is 0 Å². The van der Waals surface area contributed by atoms with Crippen LogP contribution in [-0.2, 0) is 6.18 Å². The van der Waals surface area contributed by atoms with Gasteiger partial charge in [0, 0.05) is 0 Å². The van der Waals surface area contributed by atoms with Gasteiger partial charge in [0.25, 0.3) is 0 Å². The molecule has 0 saturated carbocycles. The van der Waals surface area contributed by atoms with Crippen molar-refractivity contribution < 1.29 is 13.2 Å². The molecule has 0 radical (unpaired) electrons. The van der Waals surface area contributed by atoms with Gasteiger partial charge >= 0.3 is 6.18 Å². The van der Waals surface area contributed by atoms with Crippen LogP contribution in [0.1, 0.15) is 11.1 Å². The molecule has 1 N–H and O–H groups in total. The van der Waals surface area contributed by atoms with Crippen LogP contribution < -0.4 is 5.43 Å². The van der Waals surface area contributed by atoms with Crippen molar-refractivity contribution in [3.8, 4) is 0 Å². The number of anilines is 1. The van der Waals surface area contributed by atoms with Gasteiger partial charge in [-0.1, -0.05) is 30.3 Å². The van der Waals surface area contributed by atoms with Crippen LogP contribution in [0.2, 0.25) is 0 Å². The van der Waals surface area contributed by atoms with Gasteiger partial charge in [-0.2, -0.15) is 18.3 Å². The van der Waals surface area contributed by atoms with Crippen molar-refractivity contribution in [1.29, 1.82) is 0 Å². The topological polar surface area (TPSA) is 24.4 Å². The van der Waals surface area contributed by atoms with Crippen LogP contribution in [-0.4, -0.2) is 6.21 Å². The minimum Gasteiger partial charge on any atom is -0.279 e. The van der Waals surface area contributed by atoms with Crippen LogP contribution in [0.4, 0.5) is 18.9 Å². The van der Waals surface area contributed by atoms with E-state index in [1.165, 1.54) is 18.3 Å². The predicted molar refractivity (Wildman–Crippen MR) is 69.1 cm³/mol. The van der Waals surface area contributed by atoms with E-state index in [0.717, 1.165) is 17.8 Å². The van der Waals surface area contributed by atoms with Crippen molar-refractivity contribution in [3.05, 3.63) is 65.7 Å². The number of hydrogen-bond acceptors (Lipinski definition) is 2. The molecule has 2 nitrogen and oxygen atoms in total. The van der Waals surface area contributed by atoms with Gasteiger partial charge in [-0.25, -0.2) is 0 Å². The van der Waals surface area contributed by atoms with E-state index in [9.17, 15) is 13.2 Å². The summed E-state index contributed by atoms with van der Waals surface area (Å²) in [5, 5.41) is 3.95. The van der Waals surface area contributed by atoms with E-state index in [0.29, 0.717) is 5.56 Å². The summed E-state index contributed by atoms with van der Waals surface area (Å²) in [6.07, 6.45) is -2.84. The Bertz CT molecular complexity index is 545. The fourth-order valence-corrected chi connectivity index (χ4v) is 1.45. The van der Waals surface area contributed by atoms with Crippen LogP contribution in [0.3, 0.4) is 0 Å². The average molecular weight is 264 g/mol. The number of benzene rings is 2. The first-order valence-electron chi connectivity index (χ1n) is 5.57. The highest BCUT2D eigenvalue weighted by molar-refractivity contribution is 5.80. The Labute approximate surface area is 108 Å². The van der Waals surface area contributed by atoms with Gasteiger partial charge in [-0.15, -0.1) is 0 Å².